The minimum Gasteiger partial charge on any atom is -0.465 e. The smallest absolute Gasteiger partial charge is 0.404 e. The fraction of sp³-hybridized carbons (Fsp3) is 0.476. The number of nitrogens with zero attached hydrogens (tertiary/aromatic N) is 5. The molecule has 33 heavy (non-hydrogen) atoms. The normalized spacial score (nSPS) is 15.3. The van der Waals surface area contributed by atoms with Gasteiger partial charge in [-0.3, -0.25) is 4.79 Å². The number of halogens is 1. The Morgan fingerprint density at radius 2 is 1.94 bits per heavy atom. The van der Waals surface area contributed by atoms with Gasteiger partial charge in [-0.15, -0.1) is 23.7 Å². The molecule has 0 bridgehead atoms. The van der Waals surface area contributed by atoms with E-state index in [0.717, 1.165) is 10.4 Å². The zero-order valence-electron chi connectivity index (χ0n) is 18.7. The lowest BCUT2D eigenvalue weighted by atomic mass is 10.0. The number of anilines is 1. The summed E-state index contributed by atoms with van der Waals surface area (Å²) in [6.07, 6.45) is 3.70. The van der Waals surface area contributed by atoms with Crippen LogP contribution in [0.5, 0.6) is 0 Å². The summed E-state index contributed by atoms with van der Waals surface area (Å²) >= 11 is 1.54. The third-order valence-electron chi connectivity index (χ3n) is 5.80. The van der Waals surface area contributed by atoms with Gasteiger partial charge in [0.15, 0.2) is 5.82 Å². The van der Waals surface area contributed by atoms with Gasteiger partial charge in [-0.2, -0.15) is 5.10 Å². The number of fused-ring (bicyclic) bond motifs is 1. The zero-order chi connectivity index (χ0) is 22.8. The molecule has 178 valence electrons. The number of carboxylic acid groups (broad SMARTS) is 1. The number of hydrogen-bond donors (Lipinski definition) is 3. The monoisotopic (exact) mass is 493 g/mol. The maximum absolute atomic E-state index is 13.3. The molecule has 0 aliphatic carbocycles. The van der Waals surface area contributed by atoms with Gasteiger partial charge in [-0.25, -0.2) is 19.3 Å². The van der Waals surface area contributed by atoms with Gasteiger partial charge in [-0.1, -0.05) is 13.8 Å². The SMILES string of the molecule is CC(C)C(C)Nc1cc(C(=O)N2CCC(NC(=O)O)CC2)nc(-c2cnn3ccsc23)n1.Cl. The Hall–Kier alpha value is -2.92. The third kappa shape index (κ3) is 5.53. The molecule has 12 heteroatoms. The summed E-state index contributed by atoms with van der Waals surface area (Å²) in [5, 5.41) is 21.1. The van der Waals surface area contributed by atoms with Gasteiger partial charge >= 0.3 is 6.09 Å². The molecular weight excluding hydrogens is 466 g/mol. The van der Waals surface area contributed by atoms with E-state index in [-0.39, 0.29) is 30.4 Å². The lowest BCUT2D eigenvalue weighted by molar-refractivity contribution is 0.0700. The molecule has 4 heterocycles. The first-order chi connectivity index (χ1) is 15.3. The Morgan fingerprint density at radius 3 is 2.61 bits per heavy atom. The van der Waals surface area contributed by atoms with E-state index < -0.39 is 6.09 Å². The van der Waals surface area contributed by atoms with Crippen LogP contribution in [0.3, 0.4) is 0 Å². The first-order valence-electron chi connectivity index (χ1n) is 10.7. The van der Waals surface area contributed by atoms with Crippen LogP contribution < -0.4 is 10.6 Å². The standard InChI is InChI=1S/C21H27N7O3S.ClH/c1-12(2)13(3)23-17-10-16(19(29)27-6-4-14(5-7-27)24-21(30)31)25-18(26-17)15-11-22-28-8-9-32-20(15)28;/h8-14,24H,4-7H2,1-3H3,(H,30,31)(H,23,25,26);1H. The number of likely N-dealkylation sites (tertiary alicyclic amines) is 1. The predicted molar refractivity (Wildman–Crippen MR) is 129 cm³/mol. The van der Waals surface area contributed by atoms with E-state index in [1.165, 1.54) is 11.3 Å². The fourth-order valence-electron chi connectivity index (χ4n) is 3.60. The van der Waals surface area contributed by atoms with Crippen molar-refractivity contribution in [2.75, 3.05) is 18.4 Å². The molecule has 3 aromatic rings. The second-order valence-electron chi connectivity index (χ2n) is 8.37. The van der Waals surface area contributed by atoms with E-state index in [2.05, 4.69) is 46.5 Å². The van der Waals surface area contributed by atoms with Crippen molar-refractivity contribution in [3.8, 4) is 11.4 Å². The van der Waals surface area contributed by atoms with Crippen LogP contribution in [0.25, 0.3) is 16.2 Å². The molecule has 1 aliphatic rings. The van der Waals surface area contributed by atoms with E-state index in [4.69, 9.17) is 5.11 Å². The maximum Gasteiger partial charge on any atom is 0.404 e. The van der Waals surface area contributed by atoms with Crippen molar-refractivity contribution in [2.24, 2.45) is 5.92 Å². The molecule has 0 spiro atoms. The molecule has 10 nitrogen and oxygen atoms in total. The number of hydrogen-bond acceptors (Lipinski definition) is 7. The number of aromatic nitrogens is 4. The molecule has 1 fully saturated rings. The number of carbonyl (C=O) groups is 2. The van der Waals surface area contributed by atoms with E-state index in [1.807, 2.05) is 11.6 Å². The van der Waals surface area contributed by atoms with Gasteiger partial charge in [0.05, 0.1) is 11.8 Å². The lowest BCUT2D eigenvalue weighted by Crippen LogP contribution is -2.46. The summed E-state index contributed by atoms with van der Waals surface area (Å²) in [5.41, 5.74) is 1.09. The Bertz CT molecular complexity index is 1120. The highest BCUT2D eigenvalue weighted by Crippen LogP contribution is 2.27. The summed E-state index contributed by atoms with van der Waals surface area (Å²) in [4.78, 5) is 36.1. The number of rotatable bonds is 6. The first kappa shape index (κ1) is 24.7. The quantitative estimate of drug-likeness (QED) is 0.479. The molecule has 0 saturated carbocycles. The number of amides is 2. The topological polar surface area (TPSA) is 125 Å². The second kappa shape index (κ2) is 10.3. The minimum absolute atomic E-state index is 0. The van der Waals surface area contributed by atoms with Crippen molar-refractivity contribution < 1.29 is 14.7 Å². The number of carbonyl (C=O) groups excluding carboxylic acids is 1. The Morgan fingerprint density at radius 1 is 1.21 bits per heavy atom. The van der Waals surface area contributed by atoms with Crippen LogP contribution >= 0.6 is 23.7 Å². The van der Waals surface area contributed by atoms with E-state index in [0.29, 0.717) is 49.2 Å². The summed E-state index contributed by atoms with van der Waals surface area (Å²) < 4.78 is 1.77. The van der Waals surface area contributed by atoms with Crippen molar-refractivity contribution in [3.63, 3.8) is 0 Å². The van der Waals surface area contributed by atoms with Crippen molar-refractivity contribution in [3.05, 3.63) is 29.5 Å². The van der Waals surface area contributed by atoms with Gasteiger partial charge in [0.1, 0.15) is 16.3 Å². The van der Waals surface area contributed by atoms with E-state index in [9.17, 15) is 9.59 Å². The first-order valence-corrected chi connectivity index (χ1v) is 11.6. The van der Waals surface area contributed by atoms with Crippen molar-refractivity contribution in [1.82, 2.24) is 29.8 Å². The highest BCUT2D eigenvalue weighted by atomic mass is 35.5. The van der Waals surface area contributed by atoms with Gasteiger partial charge < -0.3 is 20.6 Å². The fourth-order valence-corrected chi connectivity index (χ4v) is 4.39. The van der Waals surface area contributed by atoms with Gasteiger partial charge in [0.25, 0.3) is 5.91 Å². The van der Waals surface area contributed by atoms with E-state index in [1.54, 1.807) is 21.7 Å². The molecule has 0 aromatic carbocycles. The Kier molecular flexibility index (Phi) is 7.75. The Labute approximate surface area is 201 Å². The number of nitrogens with one attached hydrogen (secondary N) is 2. The summed E-state index contributed by atoms with van der Waals surface area (Å²) in [6.45, 7) is 7.25. The van der Waals surface area contributed by atoms with Crippen LogP contribution in [-0.2, 0) is 0 Å². The van der Waals surface area contributed by atoms with Crippen molar-refractivity contribution in [1.29, 1.82) is 0 Å². The van der Waals surface area contributed by atoms with Gasteiger partial charge in [0.2, 0.25) is 0 Å². The van der Waals surface area contributed by atoms with Crippen LogP contribution in [0.4, 0.5) is 10.6 Å². The van der Waals surface area contributed by atoms with Crippen LogP contribution in [0, 0.1) is 5.92 Å². The summed E-state index contributed by atoms with van der Waals surface area (Å²) in [7, 11) is 0. The van der Waals surface area contributed by atoms with E-state index >= 15 is 0 Å². The summed E-state index contributed by atoms with van der Waals surface area (Å²) in [6, 6.07) is 1.72. The van der Waals surface area contributed by atoms with Crippen LogP contribution in [0.2, 0.25) is 0 Å². The zero-order valence-corrected chi connectivity index (χ0v) is 20.3. The molecule has 1 aliphatic heterocycles. The second-order valence-corrected chi connectivity index (χ2v) is 9.26. The van der Waals surface area contributed by atoms with Crippen LogP contribution in [0.15, 0.2) is 23.8 Å². The maximum atomic E-state index is 13.3. The highest BCUT2D eigenvalue weighted by Gasteiger charge is 2.26. The average Bonchev–Trinajstić information content (AvgIpc) is 3.37. The Balaban J connectivity index is 0.00000306. The molecule has 1 saturated heterocycles. The molecule has 4 rings (SSSR count). The van der Waals surface area contributed by atoms with Crippen LogP contribution in [0.1, 0.15) is 44.1 Å². The van der Waals surface area contributed by atoms with Crippen LogP contribution in [-0.4, -0.2) is 66.8 Å². The number of piperidine rings is 1. The van der Waals surface area contributed by atoms with Crippen molar-refractivity contribution >= 4 is 46.4 Å². The minimum atomic E-state index is -1.04. The molecule has 3 aromatic heterocycles. The largest absolute Gasteiger partial charge is 0.465 e. The molecule has 3 N–H and O–H groups in total. The predicted octanol–water partition coefficient (Wildman–Crippen LogP) is 3.60. The van der Waals surface area contributed by atoms with Gasteiger partial charge in [0, 0.05) is 42.8 Å². The average molecular weight is 494 g/mol. The molecular formula is C21H28ClN7O3S. The number of thiazole rings is 1. The molecule has 1 unspecified atom stereocenters. The lowest BCUT2D eigenvalue weighted by Gasteiger charge is -2.31. The molecule has 1 atom stereocenters. The highest BCUT2D eigenvalue weighted by molar-refractivity contribution is 7.16. The van der Waals surface area contributed by atoms with Gasteiger partial charge in [-0.05, 0) is 25.7 Å². The summed E-state index contributed by atoms with van der Waals surface area (Å²) in [5.74, 6) is 1.25. The van der Waals surface area contributed by atoms with Crippen molar-refractivity contribution in [2.45, 2.75) is 45.7 Å². The molecule has 2 amide bonds. The third-order valence-corrected chi connectivity index (χ3v) is 6.69. The molecule has 0 radical (unpaired) electrons.